The quantitative estimate of drug-likeness (QED) is 0.485. The maximum absolute atomic E-state index is 11.9. The molecule has 0 aromatic rings. The Hall–Kier alpha value is -1.92. The third kappa shape index (κ3) is 7.50. The molecule has 0 radical (unpaired) electrons. The van der Waals surface area contributed by atoms with E-state index in [0.29, 0.717) is 0 Å². The average Bonchev–Trinajstić information content (AvgIpc) is 2.36. The lowest BCUT2D eigenvalue weighted by Crippen LogP contribution is -2.46. The summed E-state index contributed by atoms with van der Waals surface area (Å²) in [4.78, 5) is 45.5. The van der Waals surface area contributed by atoms with E-state index in [1.807, 2.05) is 0 Å². The number of esters is 2. The van der Waals surface area contributed by atoms with Crippen LogP contribution in [0.15, 0.2) is 0 Å². The molecule has 1 N–H and O–H groups in total. The first kappa shape index (κ1) is 18.1. The molecule has 0 saturated heterocycles. The number of rotatable bonds is 9. The van der Waals surface area contributed by atoms with Gasteiger partial charge in [-0.1, -0.05) is 0 Å². The van der Waals surface area contributed by atoms with Gasteiger partial charge < -0.3 is 14.8 Å². The predicted molar refractivity (Wildman–Crippen MR) is 69.7 cm³/mol. The minimum absolute atomic E-state index is 0.0113. The molecule has 0 heterocycles. The first-order valence-corrected chi connectivity index (χ1v) is 6.54. The van der Waals surface area contributed by atoms with Gasteiger partial charge in [0.25, 0.3) is 0 Å². The van der Waals surface area contributed by atoms with Crippen LogP contribution in [0.5, 0.6) is 0 Å². The Morgan fingerprint density at radius 3 is 2.10 bits per heavy atom. The van der Waals surface area contributed by atoms with E-state index in [1.54, 1.807) is 13.8 Å². The van der Waals surface area contributed by atoms with Gasteiger partial charge in [0.15, 0.2) is 11.8 Å². The van der Waals surface area contributed by atoms with Crippen molar-refractivity contribution in [1.82, 2.24) is 5.32 Å². The SMILES string of the molecule is CCOC(=O)CCCC(=O)C(NC(C)=O)C(=O)OCC. The second kappa shape index (κ2) is 9.94. The number of carbonyl (C=O) groups is 4. The van der Waals surface area contributed by atoms with Crippen LogP contribution in [0.4, 0.5) is 0 Å². The highest BCUT2D eigenvalue weighted by Gasteiger charge is 2.28. The molecular formula is C13H21NO6. The molecule has 0 bridgehead atoms. The van der Waals surface area contributed by atoms with Crippen LogP contribution < -0.4 is 5.32 Å². The Morgan fingerprint density at radius 1 is 1.00 bits per heavy atom. The van der Waals surface area contributed by atoms with Gasteiger partial charge in [0.1, 0.15) is 0 Å². The highest BCUT2D eigenvalue weighted by Crippen LogP contribution is 2.03. The Morgan fingerprint density at radius 2 is 1.60 bits per heavy atom. The lowest BCUT2D eigenvalue weighted by Gasteiger charge is -2.15. The standard InChI is InChI=1S/C13H21NO6/c1-4-19-11(17)8-6-7-10(16)12(14-9(3)15)13(18)20-5-2/h12H,4-8H2,1-3H3,(H,14,15). The lowest BCUT2D eigenvalue weighted by molar-refractivity contribution is -0.150. The number of ketones is 1. The summed E-state index contributed by atoms with van der Waals surface area (Å²) < 4.78 is 9.45. The number of amides is 1. The number of nitrogens with one attached hydrogen (secondary N) is 1. The first-order chi connectivity index (χ1) is 9.42. The average molecular weight is 287 g/mol. The molecule has 0 aliphatic rings. The molecule has 7 nitrogen and oxygen atoms in total. The number of hydrogen-bond donors (Lipinski definition) is 1. The van der Waals surface area contributed by atoms with Gasteiger partial charge in [-0.2, -0.15) is 0 Å². The van der Waals surface area contributed by atoms with E-state index in [0.717, 1.165) is 0 Å². The van der Waals surface area contributed by atoms with E-state index in [4.69, 9.17) is 9.47 Å². The van der Waals surface area contributed by atoms with Crippen molar-refractivity contribution in [2.24, 2.45) is 0 Å². The largest absolute Gasteiger partial charge is 0.466 e. The summed E-state index contributed by atoms with van der Waals surface area (Å²) in [6, 6.07) is -1.31. The zero-order chi connectivity index (χ0) is 15.5. The van der Waals surface area contributed by atoms with Gasteiger partial charge in [0.2, 0.25) is 5.91 Å². The van der Waals surface area contributed by atoms with E-state index in [1.165, 1.54) is 6.92 Å². The van der Waals surface area contributed by atoms with E-state index in [9.17, 15) is 19.2 Å². The lowest BCUT2D eigenvalue weighted by atomic mass is 10.1. The normalized spacial score (nSPS) is 11.3. The number of ether oxygens (including phenoxy) is 2. The van der Waals surface area contributed by atoms with E-state index in [2.05, 4.69) is 5.32 Å². The first-order valence-electron chi connectivity index (χ1n) is 6.54. The fraction of sp³-hybridized carbons (Fsp3) is 0.692. The fourth-order valence-corrected chi connectivity index (χ4v) is 1.48. The topological polar surface area (TPSA) is 98.8 Å². The molecule has 1 amide bonds. The monoisotopic (exact) mass is 287 g/mol. The maximum atomic E-state index is 11.9. The predicted octanol–water partition coefficient (Wildman–Crippen LogP) is 0.357. The van der Waals surface area contributed by atoms with Crippen LogP contribution in [-0.4, -0.2) is 42.9 Å². The second-order valence-electron chi connectivity index (χ2n) is 4.01. The van der Waals surface area contributed by atoms with E-state index < -0.39 is 29.7 Å². The minimum atomic E-state index is -1.31. The van der Waals surface area contributed by atoms with Crippen molar-refractivity contribution in [1.29, 1.82) is 0 Å². The molecular weight excluding hydrogens is 266 g/mol. The molecule has 114 valence electrons. The molecule has 7 heteroatoms. The molecule has 0 aliphatic heterocycles. The number of Topliss-reactive ketones (excluding diaryl/α,β-unsaturated/α-hetero) is 1. The second-order valence-corrected chi connectivity index (χ2v) is 4.01. The third-order valence-electron chi connectivity index (χ3n) is 2.30. The minimum Gasteiger partial charge on any atom is -0.466 e. The summed E-state index contributed by atoms with van der Waals surface area (Å²) in [6.07, 6.45) is 0.338. The van der Waals surface area contributed by atoms with Crippen LogP contribution >= 0.6 is 0 Å². The van der Waals surface area contributed by atoms with Crippen molar-refractivity contribution in [3.8, 4) is 0 Å². The summed E-state index contributed by atoms with van der Waals surface area (Å²) >= 11 is 0. The third-order valence-corrected chi connectivity index (χ3v) is 2.30. The fourth-order valence-electron chi connectivity index (χ4n) is 1.48. The molecule has 0 aliphatic carbocycles. The van der Waals surface area contributed by atoms with Gasteiger partial charge in [-0.15, -0.1) is 0 Å². The van der Waals surface area contributed by atoms with Crippen molar-refractivity contribution >= 4 is 23.6 Å². The summed E-state index contributed by atoms with van der Waals surface area (Å²) in [5, 5.41) is 2.25. The van der Waals surface area contributed by atoms with Gasteiger partial charge in [-0.3, -0.25) is 14.4 Å². The van der Waals surface area contributed by atoms with E-state index >= 15 is 0 Å². The smallest absolute Gasteiger partial charge is 0.336 e. The molecule has 0 aromatic heterocycles. The van der Waals surface area contributed by atoms with E-state index in [-0.39, 0.29) is 32.5 Å². The molecule has 0 saturated carbocycles. The van der Waals surface area contributed by atoms with Gasteiger partial charge in [-0.05, 0) is 20.3 Å². The molecule has 0 aromatic carbocycles. The summed E-state index contributed by atoms with van der Waals surface area (Å²) in [6.45, 7) is 4.90. The van der Waals surface area contributed by atoms with Crippen LogP contribution in [0.3, 0.4) is 0 Å². The molecule has 1 atom stereocenters. The number of hydrogen-bond acceptors (Lipinski definition) is 6. The summed E-state index contributed by atoms with van der Waals surface area (Å²) in [5.41, 5.74) is 0. The Kier molecular flexibility index (Phi) is 8.98. The van der Waals surface area contributed by atoms with Crippen LogP contribution in [-0.2, 0) is 28.7 Å². The van der Waals surface area contributed by atoms with Crippen LogP contribution in [0.25, 0.3) is 0 Å². The Bertz CT molecular complexity index is 366. The summed E-state index contributed by atoms with van der Waals surface area (Å²) in [7, 11) is 0. The van der Waals surface area contributed by atoms with Gasteiger partial charge in [0.05, 0.1) is 13.2 Å². The Balaban J connectivity index is 4.37. The highest BCUT2D eigenvalue weighted by molar-refractivity contribution is 6.05. The molecule has 0 rings (SSSR count). The van der Waals surface area contributed by atoms with Crippen molar-refractivity contribution < 1.29 is 28.7 Å². The van der Waals surface area contributed by atoms with Gasteiger partial charge >= 0.3 is 11.9 Å². The summed E-state index contributed by atoms with van der Waals surface area (Å²) in [5.74, 6) is -2.17. The van der Waals surface area contributed by atoms with Gasteiger partial charge in [-0.25, -0.2) is 4.79 Å². The van der Waals surface area contributed by atoms with Crippen molar-refractivity contribution in [2.45, 2.75) is 46.1 Å². The van der Waals surface area contributed by atoms with Crippen LogP contribution in [0.1, 0.15) is 40.0 Å². The van der Waals surface area contributed by atoms with Crippen LogP contribution in [0, 0.1) is 0 Å². The molecule has 20 heavy (non-hydrogen) atoms. The highest BCUT2D eigenvalue weighted by atomic mass is 16.5. The van der Waals surface area contributed by atoms with Crippen molar-refractivity contribution in [3.05, 3.63) is 0 Å². The van der Waals surface area contributed by atoms with Gasteiger partial charge in [0, 0.05) is 19.8 Å². The molecule has 0 fully saturated rings. The zero-order valence-electron chi connectivity index (χ0n) is 12.1. The Labute approximate surface area is 118 Å². The van der Waals surface area contributed by atoms with Crippen molar-refractivity contribution in [2.75, 3.05) is 13.2 Å². The molecule has 1 unspecified atom stereocenters. The van der Waals surface area contributed by atoms with Crippen LogP contribution in [0.2, 0.25) is 0 Å². The zero-order valence-corrected chi connectivity index (χ0v) is 12.1. The maximum Gasteiger partial charge on any atom is 0.336 e. The molecule has 0 spiro atoms. The number of carbonyl (C=O) groups excluding carboxylic acids is 4. The van der Waals surface area contributed by atoms with Crippen molar-refractivity contribution in [3.63, 3.8) is 0 Å².